The van der Waals surface area contributed by atoms with Crippen LogP contribution < -0.4 is 5.32 Å². The van der Waals surface area contributed by atoms with Gasteiger partial charge >= 0.3 is 0 Å². The lowest BCUT2D eigenvalue weighted by Crippen LogP contribution is -2.27. The van der Waals surface area contributed by atoms with Gasteiger partial charge in [0.25, 0.3) is 0 Å². The second kappa shape index (κ2) is 3.83. The molecule has 3 heteroatoms. The number of ether oxygens (including phenoxy) is 1. The lowest BCUT2D eigenvalue weighted by molar-refractivity contribution is 0.143. The van der Waals surface area contributed by atoms with E-state index in [9.17, 15) is 0 Å². The molecule has 2 aliphatic rings. The predicted molar refractivity (Wildman–Crippen MR) is 60.8 cm³/mol. The van der Waals surface area contributed by atoms with Gasteiger partial charge in [-0.15, -0.1) is 0 Å². The lowest BCUT2D eigenvalue weighted by Gasteiger charge is -2.29. The molecule has 1 aromatic rings. The Labute approximate surface area is 94.8 Å². The van der Waals surface area contributed by atoms with E-state index in [4.69, 9.17) is 9.15 Å². The summed E-state index contributed by atoms with van der Waals surface area (Å²) in [5.41, 5.74) is 3.93. The molecule has 3 heterocycles. The molecule has 1 unspecified atom stereocenters. The third-order valence-corrected chi connectivity index (χ3v) is 3.19. The smallest absolute Gasteiger partial charge is 0.129 e. The van der Waals surface area contributed by atoms with Crippen LogP contribution in [-0.2, 0) is 4.74 Å². The Kier molecular flexibility index (Phi) is 2.33. The monoisotopic (exact) mass is 217 g/mol. The van der Waals surface area contributed by atoms with Crippen LogP contribution in [0, 0.1) is 0 Å². The van der Waals surface area contributed by atoms with Crippen molar-refractivity contribution in [2.75, 3.05) is 13.2 Å². The van der Waals surface area contributed by atoms with E-state index in [1.807, 2.05) is 12.1 Å². The summed E-state index contributed by atoms with van der Waals surface area (Å²) in [6.07, 6.45) is 4.98. The first-order chi connectivity index (χ1) is 7.84. The van der Waals surface area contributed by atoms with Gasteiger partial charge in [-0.05, 0) is 36.6 Å². The normalized spacial score (nSPS) is 24.8. The molecule has 3 nitrogen and oxygen atoms in total. The predicted octanol–water partition coefficient (Wildman–Crippen LogP) is 2.54. The van der Waals surface area contributed by atoms with Crippen molar-refractivity contribution in [3.05, 3.63) is 47.1 Å². The van der Waals surface area contributed by atoms with Crippen LogP contribution in [0.3, 0.4) is 0 Å². The summed E-state index contributed by atoms with van der Waals surface area (Å²) in [6, 6.07) is 4.10. The molecule has 0 spiro atoms. The van der Waals surface area contributed by atoms with Crippen LogP contribution in [0.4, 0.5) is 0 Å². The summed E-state index contributed by atoms with van der Waals surface area (Å²) in [5.74, 6) is 0.970. The average Bonchev–Trinajstić information content (AvgIpc) is 2.82. The van der Waals surface area contributed by atoms with Crippen molar-refractivity contribution >= 4 is 0 Å². The van der Waals surface area contributed by atoms with E-state index in [0.29, 0.717) is 0 Å². The van der Waals surface area contributed by atoms with E-state index in [1.165, 1.54) is 16.8 Å². The van der Waals surface area contributed by atoms with Crippen molar-refractivity contribution in [1.82, 2.24) is 5.32 Å². The fourth-order valence-electron chi connectivity index (χ4n) is 2.32. The van der Waals surface area contributed by atoms with Gasteiger partial charge in [-0.1, -0.05) is 6.08 Å². The maximum Gasteiger partial charge on any atom is 0.129 e. The third-order valence-electron chi connectivity index (χ3n) is 3.19. The van der Waals surface area contributed by atoms with E-state index in [0.717, 1.165) is 25.4 Å². The Hall–Kier alpha value is -1.48. The Morgan fingerprint density at radius 3 is 3.19 bits per heavy atom. The van der Waals surface area contributed by atoms with Gasteiger partial charge in [0.2, 0.25) is 0 Å². The van der Waals surface area contributed by atoms with Crippen molar-refractivity contribution in [3.8, 4) is 0 Å². The second-order valence-corrected chi connectivity index (χ2v) is 4.24. The van der Waals surface area contributed by atoms with E-state index >= 15 is 0 Å². The Balaban J connectivity index is 1.93. The van der Waals surface area contributed by atoms with Gasteiger partial charge in [-0.3, -0.25) is 0 Å². The number of hydrogen-bond donors (Lipinski definition) is 1. The topological polar surface area (TPSA) is 34.4 Å². The molecule has 16 heavy (non-hydrogen) atoms. The molecular weight excluding hydrogens is 202 g/mol. The fraction of sp³-hybridized carbons (Fsp3) is 0.385. The van der Waals surface area contributed by atoms with Crippen LogP contribution in [0.2, 0.25) is 0 Å². The summed E-state index contributed by atoms with van der Waals surface area (Å²) < 4.78 is 10.9. The highest BCUT2D eigenvalue weighted by Crippen LogP contribution is 2.31. The molecule has 0 bridgehead atoms. The van der Waals surface area contributed by atoms with Gasteiger partial charge in [0.05, 0.1) is 19.5 Å². The first-order valence-electron chi connectivity index (χ1n) is 5.63. The van der Waals surface area contributed by atoms with Crippen LogP contribution in [0.1, 0.15) is 25.1 Å². The number of hydrogen-bond acceptors (Lipinski definition) is 3. The molecule has 1 saturated heterocycles. The van der Waals surface area contributed by atoms with Crippen molar-refractivity contribution in [1.29, 1.82) is 0 Å². The molecular formula is C13H15NO2. The van der Waals surface area contributed by atoms with E-state index in [-0.39, 0.29) is 6.04 Å². The zero-order valence-electron chi connectivity index (χ0n) is 9.32. The van der Waals surface area contributed by atoms with Gasteiger partial charge in [-0.25, -0.2) is 0 Å². The van der Waals surface area contributed by atoms with Gasteiger partial charge in [0.1, 0.15) is 11.8 Å². The zero-order valence-corrected chi connectivity index (χ0v) is 9.32. The van der Waals surface area contributed by atoms with E-state index < -0.39 is 0 Å². The molecule has 2 aliphatic heterocycles. The number of dihydropyridines is 1. The Morgan fingerprint density at radius 1 is 1.44 bits per heavy atom. The zero-order chi connectivity index (χ0) is 11.0. The molecule has 1 N–H and O–H groups in total. The minimum Gasteiger partial charge on any atom is -0.467 e. The van der Waals surface area contributed by atoms with Crippen molar-refractivity contribution in [3.63, 3.8) is 0 Å². The first kappa shape index (κ1) is 9.73. The van der Waals surface area contributed by atoms with Crippen molar-refractivity contribution < 1.29 is 9.15 Å². The minimum atomic E-state index is 0.173. The maximum atomic E-state index is 5.47. The summed E-state index contributed by atoms with van der Waals surface area (Å²) in [5, 5.41) is 3.45. The largest absolute Gasteiger partial charge is 0.467 e. The van der Waals surface area contributed by atoms with Crippen LogP contribution in [0.25, 0.3) is 0 Å². The number of fused-ring (bicyclic) bond motifs is 1. The van der Waals surface area contributed by atoms with Gasteiger partial charge in [0.15, 0.2) is 0 Å². The highest BCUT2D eigenvalue weighted by molar-refractivity contribution is 5.41. The van der Waals surface area contributed by atoms with Gasteiger partial charge < -0.3 is 14.5 Å². The number of rotatable bonds is 1. The molecule has 1 atom stereocenters. The van der Waals surface area contributed by atoms with Crippen molar-refractivity contribution in [2.24, 2.45) is 0 Å². The molecule has 0 radical (unpaired) electrons. The summed E-state index contributed by atoms with van der Waals surface area (Å²) in [4.78, 5) is 0. The standard InChI is InChI=1S/C13H15NO2/c1-9-11-8-15-6-4-10(11)7-12(14-9)13-3-2-5-16-13/h2-3,5,7,12,14H,4,6,8H2,1H3. The van der Waals surface area contributed by atoms with Crippen LogP contribution in [0.15, 0.2) is 45.7 Å². The SMILES string of the molecule is CC1=C2COCCC2=CC(c2ccco2)N1. The summed E-state index contributed by atoms with van der Waals surface area (Å²) >= 11 is 0. The van der Waals surface area contributed by atoms with Gasteiger partial charge in [0, 0.05) is 5.70 Å². The van der Waals surface area contributed by atoms with Gasteiger partial charge in [-0.2, -0.15) is 0 Å². The number of nitrogens with one attached hydrogen (secondary N) is 1. The lowest BCUT2D eigenvalue weighted by atomic mass is 9.93. The highest BCUT2D eigenvalue weighted by atomic mass is 16.5. The molecule has 0 amide bonds. The minimum absolute atomic E-state index is 0.173. The van der Waals surface area contributed by atoms with Crippen LogP contribution in [-0.4, -0.2) is 13.2 Å². The van der Waals surface area contributed by atoms with Crippen molar-refractivity contribution in [2.45, 2.75) is 19.4 Å². The van der Waals surface area contributed by atoms with Crippen LogP contribution in [0.5, 0.6) is 0 Å². The molecule has 0 saturated carbocycles. The number of allylic oxidation sites excluding steroid dienone is 1. The summed E-state index contributed by atoms with van der Waals surface area (Å²) in [7, 11) is 0. The molecule has 1 aromatic heterocycles. The fourth-order valence-corrected chi connectivity index (χ4v) is 2.32. The first-order valence-corrected chi connectivity index (χ1v) is 5.63. The molecule has 0 aromatic carbocycles. The maximum absolute atomic E-state index is 5.47. The molecule has 1 fully saturated rings. The quantitative estimate of drug-likeness (QED) is 0.785. The number of furan rings is 1. The second-order valence-electron chi connectivity index (χ2n) is 4.24. The van der Waals surface area contributed by atoms with Crippen LogP contribution >= 0.6 is 0 Å². The highest BCUT2D eigenvalue weighted by Gasteiger charge is 2.23. The van der Waals surface area contributed by atoms with E-state index in [2.05, 4.69) is 18.3 Å². The Morgan fingerprint density at radius 2 is 2.38 bits per heavy atom. The van der Waals surface area contributed by atoms with E-state index in [1.54, 1.807) is 6.26 Å². The average molecular weight is 217 g/mol. The Bertz CT molecular complexity index is 443. The molecule has 84 valence electrons. The third kappa shape index (κ3) is 1.57. The summed E-state index contributed by atoms with van der Waals surface area (Å²) in [6.45, 7) is 3.66. The molecule has 0 aliphatic carbocycles. The molecule has 3 rings (SSSR count).